The van der Waals surface area contributed by atoms with Crippen LogP contribution in [0.25, 0.3) is 0 Å². The van der Waals surface area contributed by atoms with Crippen molar-refractivity contribution in [3.8, 4) is 0 Å². The first-order valence-corrected chi connectivity index (χ1v) is 8.97. The van der Waals surface area contributed by atoms with Gasteiger partial charge in [0, 0.05) is 12.2 Å². The van der Waals surface area contributed by atoms with E-state index in [1.54, 1.807) is 0 Å². The van der Waals surface area contributed by atoms with Gasteiger partial charge in [0.2, 0.25) is 5.91 Å². The highest BCUT2D eigenvalue weighted by Gasteiger charge is 2.33. The SMILES string of the molecule is CC(C)CSC[C@H](NC(=O)CC[C@@H]1NC(=O)C(C)OC1=O)C(=O)O. The monoisotopic (exact) mass is 360 g/mol. The number of cyclic esters (lactones) is 1. The van der Waals surface area contributed by atoms with Crippen LogP contribution < -0.4 is 10.6 Å². The second-order valence-corrected chi connectivity index (χ2v) is 7.14. The van der Waals surface area contributed by atoms with E-state index < -0.39 is 41.9 Å². The first-order valence-electron chi connectivity index (χ1n) is 7.81. The number of carboxylic acids is 1. The number of hydrogen-bond acceptors (Lipinski definition) is 6. The van der Waals surface area contributed by atoms with Crippen LogP contribution in [0.3, 0.4) is 0 Å². The van der Waals surface area contributed by atoms with E-state index >= 15 is 0 Å². The molecule has 0 aromatic heterocycles. The minimum Gasteiger partial charge on any atom is -0.480 e. The van der Waals surface area contributed by atoms with Crippen molar-refractivity contribution in [1.29, 1.82) is 0 Å². The summed E-state index contributed by atoms with van der Waals surface area (Å²) in [5.74, 6) is -1.06. The van der Waals surface area contributed by atoms with Crippen LogP contribution in [-0.2, 0) is 23.9 Å². The predicted octanol–water partition coefficient (Wildman–Crippen LogP) is 0.155. The minimum absolute atomic E-state index is 0.0641. The molecule has 0 aromatic carbocycles. The largest absolute Gasteiger partial charge is 0.480 e. The molecule has 3 atom stereocenters. The maximum absolute atomic E-state index is 11.9. The fraction of sp³-hybridized carbons (Fsp3) is 0.733. The van der Waals surface area contributed by atoms with Crippen molar-refractivity contribution in [3.63, 3.8) is 0 Å². The maximum atomic E-state index is 11.9. The van der Waals surface area contributed by atoms with E-state index in [0.717, 1.165) is 5.75 Å². The maximum Gasteiger partial charge on any atom is 0.329 e. The van der Waals surface area contributed by atoms with E-state index in [2.05, 4.69) is 10.6 Å². The molecule has 24 heavy (non-hydrogen) atoms. The number of carboxylic acid groups (broad SMARTS) is 1. The van der Waals surface area contributed by atoms with E-state index in [0.29, 0.717) is 5.92 Å². The Balaban J connectivity index is 2.41. The summed E-state index contributed by atoms with van der Waals surface area (Å²) in [6, 6.07) is -1.85. The van der Waals surface area contributed by atoms with Crippen LogP contribution in [0.1, 0.15) is 33.6 Å². The Labute approximate surface area is 145 Å². The zero-order valence-corrected chi connectivity index (χ0v) is 14.9. The highest BCUT2D eigenvalue weighted by molar-refractivity contribution is 7.99. The molecule has 3 N–H and O–H groups in total. The van der Waals surface area contributed by atoms with Gasteiger partial charge in [-0.15, -0.1) is 0 Å². The molecule has 136 valence electrons. The van der Waals surface area contributed by atoms with Crippen LogP contribution in [0.4, 0.5) is 0 Å². The first-order chi connectivity index (χ1) is 11.2. The van der Waals surface area contributed by atoms with Gasteiger partial charge in [-0.25, -0.2) is 9.59 Å². The molecule has 9 heteroatoms. The third kappa shape index (κ3) is 6.77. The van der Waals surface area contributed by atoms with E-state index in [1.165, 1.54) is 18.7 Å². The molecule has 0 bridgehead atoms. The van der Waals surface area contributed by atoms with Crippen molar-refractivity contribution in [2.24, 2.45) is 5.92 Å². The summed E-state index contributed by atoms with van der Waals surface area (Å²) in [6.07, 6.45) is -0.848. The predicted molar refractivity (Wildman–Crippen MR) is 88.4 cm³/mol. The van der Waals surface area contributed by atoms with Gasteiger partial charge in [-0.05, 0) is 25.0 Å². The number of rotatable bonds is 9. The van der Waals surface area contributed by atoms with Crippen molar-refractivity contribution in [3.05, 3.63) is 0 Å². The number of esters is 1. The molecule has 1 fully saturated rings. The number of morpholine rings is 1. The van der Waals surface area contributed by atoms with E-state index in [1.807, 2.05) is 13.8 Å². The van der Waals surface area contributed by atoms with Gasteiger partial charge in [-0.1, -0.05) is 13.8 Å². The summed E-state index contributed by atoms with van der Waals surface area (Å²) in [4.78, 5) is 46.2. The standard InChI is InChI=1S/C15H24N2O6S/c1-8(2)6-24-7-11(14(20)21)16-12(18)5-4-10-15(22)23-9(3)13(19)17-10/h8-11H,4-7H2,1-3H3,(H,16,18)(H,17,19)(H,20,21)/t9?,10-,11-/m0/s1. The van der Waals surface area contributed by atoms with Gasteiger partial charge in [0.05, 0.1) is 0 Å². The average molecular weight is 360 g/mol. The summed E-state index contributed by atoms with van der Waals surface area (Å²) in [6.45, 7) is 5.52. The van der Waals surface area contributed by atoms with E-state index in [4.69, 9.17) is 9.84 Å². The smallest absolute Gasteiger partial charge is 0.329 e. The molecule has 0 spiro atoms. The van der Waals surface area contributed by atoms with Crippen molar-refractivity contribution >= 4 is 35.5 Å². The Morgan fingerprint density at radius 3 is 2.58 bits per heavy atom. The number of carbonyl (C=O) groups excluding carboxylic acids is 3. The molecule has 1 rings (SSSR count). The molecule has 1 saturated heterocycles. The molecular weight excluding hydrogens is 336 g/mol. The van der Waals surface area contributed by atoms with Crippen LogP contribution in [0, 0.1) is 5.92 Å². The van der Waals surface area contributed by atoms with E-state index in [9.17, 15) is 19.2 Å². The normalized spacial score (nSPS) is 21.8. The first kappa shape index (κ1) is 20.3. The van der Waals surface area contributed by atoms with Gasteiger partial charge in [0.1, 0.15) is 12.1 Å². The van der Waals surface area contributed by atoms with Gasteiger partial charge >= 0.3 is 11.9 Å². The lowest BCUT2D eigenvalue weighted by Gasteiger charge is -2.26. The quantitative estimate of drug-likeness (QED) is 0.501. The lowest BCUT2D eigenvalue weighted by atomic mass is 10.1. The molecule has 1 unspecified atom stereocenters. The fourth-order valence-corrected chi connectivity index (χ4v) is 3.06. The fourth-order valence-electron chi connectivity index (χ4n) is 1.99. The number of amides is 2. The van der Waals surface area contributed by atoms with Crippen LogP contribution in [0.5, 0.6) is 0 Å². The van der Waals surface area contributed by atoms with Crippen LogP contribution >= 0.6 is 11.8 Å². The van der Waals surface area contributed by atoms with Crippen molar-refractivity contribution in [2.75, 3.05) is 11.5 Å². The summed E-state index contributed by atoms with van der Waals surface area (Å²) < 4.78 is 4.86. The van der Waals surface area contributed by atoms with Crippen molar-refractivity contribution in [1.82, 2.24) is 10.6 Å². The second-order valence-electron chi connectivity index (χ2n) is 6.07. The molecule has 2 amide bonds. The summed E-state index contributed by atoms with van der Waals surface area (Å²) in [7, 11) is 0. The molecule has 0 aromatic rings. The molecule has 0 aliphatic carbocycles. The average Bonchev–Trinajstić information content (AvgIpc) is 2.48. The van der Waals surface area contributed by atoms with Crippen molar-refractivity contribution < 1.29 is 29.0 Å². The van der Waals surface area contributed by atoms with Crippen LogP contribution in [0.15, 0.2) is 0 Å². The lowest BCUT2D eigenvalue weighted by Crippen LogP contribution is -2.53. The summed E-state index contributed by atoms with van der Waals surface area (Å²) in [5, 5.41) is 14.1. The Kier molecular flexibility index (Phi) is 8.03. The zero-order chi connectivity index (χ0) is 18.3. The van der Waals surface area contributed by atoms with Gasteiger partial charge in [0.15, 0.2) is 6.10 Å². The lowest BCUT2D eigenvalue weighted by molar-refractivity contribution is -0.164. The zero-order valence-electron chi connectivity index (χ0n) is 14.0. The Hall–Kier alpha value is -1.77. The Bertz CT molecular complexity index is 496. The highest BCUT2D eigenvalue weighted by atomic mass is 32.2. The third-order valence-corrected chi connectivity index (χ3v) is 4.76. The molecule has 8 nitrogen and oxygen atoms in total. The Morgan fingerprint density at radius 1 is 1.33 bits per heavy atom. The number of ether oxygens (including phenoxy) is 1. The molecule has 1 aliphatic heterocycles. The Morgan fingerprint density at radius 2 is 2.00 bits per heavy atom. The van der Waals surface area contributed by atoms with Crippen molar-refractivity contribution in [2.45, 2.75) is 51.8 Å². The number of hydrogen-bond donors (Lipinski definition) is 3. The number of aliphatic carboxylic acids is 1. The molecule has 1 aliphatic rings. The topological polar surface area (TPSA) is 122 Å². The number of nitrogens with one attached hydrogen (secondary N) is 2. The van der Waals surface area contributed by atoms with Gasteiger partial charge in [-0.3, -0.25) is 9.59 Å². The third-order valence-electron chi connectivity index (χ3n) is 3.29. The second kappa shape index (κ2) is 9.51. The molecular formula is C15H24N2O6S. The minimum atomic E-state index is -1.10. The molecule has 0 saturated carbocycles. The van der Waals surface area contributed by atoms with Gasteiger partial charge in [-0.2, -0.15) is 11.8 Å². The summed E-state index contributed by atoms with van der Waals surface area (Å²) in [5.41, 5.74) is 0. The number of carbonyl (C=O) groups is 4. The molecule has 1 heterocycles. The van der Waals surface area contributed by atoms with Crippen LogP contribution in [0.2, 0.25) is 0 Å². The van der Waals surface area contributed by atoms with E-state index in [-0.39, 0.29) is 18.6 Å². The molecule has 0 radical (unpaired) electrons. The number of thioether (sulfide) groups is 1. The van der Waals surface area contributed by atoms with Gasteiger partial charge < -0.3 is 20.5 Å². The van der Waals surface area contributed by atoms with Crippen LogP contribution in [-0.4, -0.2) is 58.6 Å². The highest BCUT2D eigenvalue weighted by Crippen LogP contribution is 2.11. The summed E-state index contributed by atoms with van der Waals surface area (Å²) >= 11 is 1.46. The van der Waals surface area contributed by atoms with Gasteiger partial charge in [0.25, 0.3) is 5.91 Å².